The van der Waals surface area contributed by atoms with Gasteiger partial charge >= 0.3 is 0 Å². The fourth-order valence-electron chi connectivity index (χ4n) is 3.27. The van der Waals surface area contributed by atoms with Crippen molar-refractivity contribution >= 4 is 0 Å². The number of nitrogens with zero attached hydrogens (tertiary/aromatic N) is 2. The molecular formula is C17H22N2O. The SMILES string of the molecule is CC1(C)CCC(Oc2nc3c(cc2C#N)CCC3)CC1. The molecule has 0 spiro atoms. The first-order valence-electron chi connectivity index (χ1n) is 7.67. The van der Waals surface area contributed by atoms with Crippen molar-refractivity contribution in [2.24, 2.45) is 5.41 Å². The van der Waals surface area contributed by atoms with Gasteiger partial charge in [0, 0.05) is 5.69 Å². The van der Waals surface area contributed by atoms with E-state index in [0.29, 0.717) is 16.9 Å². The summed E-state index contributed by atoms with van der Waals surface area (Å²) < 4.78 is 6.06. The predicted molar refractivity (Wildman–Crippen MR) is 77.6 cm³/mol. The molecule has 0 aromatic carbocycles. The quantitative estimate of drug-likeness (QED) is 0.821. The third-order valence-electron chi connectivity index (χ3n) is 4.70. The van der Waals surface area contributed by atoms with Crippen LogP contribution in [0.4, 0.5) is 0 Å². The summed E-state index contributed by atoms with van der Waals surface area (Å²) in [5, 5.41) is 9.29. The highest BCUT2D eigenvalue weighted by Crippen LogP contribution is 2.37. The number of hydrogen-bond acceptors (Lipinski definition) is 3. The van der Waals surface area contributed by atoms with Crippen molar-refractivity contribution in [2.75, 3.05) is 0 Å². The predicted octanol–water partition coefficient (Wildman–Crippen LogP) is 3.79. The Morgan fingerprint density at radius 1 is 1.30 bits per heavy atom. The summed E-state index contributed by atoms with van der Waals surface area (Å²) in [6.45, 7) is 4.63. The summed E-state index contributed by atoms with van der Waals surface area (Å²) in [5.74, 6) is 0.567. The average molecular weight is 270 g/mol. The minimum atomic E-state index is 0.224. The first-order valence-corrected chi connectivity index (χ1v) is 7.67. The number of hydrogen-bond donors (Lipinski definition) is 0. The Bertz CT molecular complexity index is 547. The fourth-order valence-corrected chi connectivity index (χ4v) is 3.27. The van der Waals surface area contributed by atoms with E-state index in [-0.39, 0.29) is 6.10 Å². The number of aromatic nitrogens is 1. The summed E-state index contributed by atoms with van der Waals surface area (Å²) >= 11 is 0. The van der Waals surface area contributed by atoms with Crippen LogP contribution < -0.4 is 4.74 Å². The van der Waals surface area contributed by atoms with E-state index < -0.39 is 0 Å². The first-order chi connectivity index (χ1) is 9.57. The van der Waals surface area contributed by atoms with Gasteiger partial charge in [0.1, 0.15) is 17.7 Å². The van der Waals surface area contributed by atoms with Crippen LogP contribution >= 0.6 is 0 Å². The third kappa shape index (κ3) is 2.65. The van der Waals surface area contributed by atoms with Gasteiger partial charge in [-0.15, -0.1) is 0 Å². The van der Waals surface area contributed by atoms with Crippen molar-refractivity contribution in [1.82, 2.24) is 4.98 Å². The minimum absolute atomic E-state index is 0.224. The van der Waals surface area contributed by atoms with Gasteiger partial charge in [-0.2, -0.15) is 5.26 Å². The normalized spacial score (nSPS) is 21.2. The van der Waals surface area contributed by atoms with Crippen LogP contribution in [-0.2, 0) is 12.8 Å². The van der Waals surface area contributed by atoms with Gasteiger partial charge < -0.3 is 4.74 Å². The minimum Gasteiger partial charge on any atom is -0.473 e. The number of rotatable bonds is 2. The van der Waals surface area contributed by atoms with E-state index in [4.69, 9.17) is 4.74 Å². The molecule has 0 atom stereocenters. The summed E-state index contributed by atoms with van der Waals surface area (Å²) in [5.41, 5.74) is 3.41. The topological polar surface area (TPSA) is 45.9 Å². The smallest absolute Gasteiger partial charge is 0.232 e. The Labute approximate surface area is 121 Å². The maximum absolute atomic E-state index is 9.29. The Hall–Kier alpha value is -1.56. The Morgan fingerprint density at radius 3 is 2.75 bits per heavy atom. The first kappa shape index (κ1) is 13.4. The molecule has 0 N–H and O–H groups in total. The fraction of sp³-hybridized carbons (Fsp3) is 0.647. The molecule has 0 unspecified atom stereocenters. The van der Waals surface area contributed by atoms with Crippen molar-refractivity contribution in [3.05, 3.63) is 22.9 Å². The van der Waals surface area contributed by atoms with Crippen LogP contribution in [-0.4, -0.2) is 11.1 Å². The van der Waals surface area contributed by atoms with E-state index >= 15 is 0 Å². The summed E-state index contributed by atoms with van der Waals surface area (Å²) in [7, 11) is 0. The molecule has 3 rings (SSSR count). The second-order valence-corrected chi connectivity index (χ2v) is 6.89. The molecule has 2 aliphatic carbocycles. The van der Waals surface area contributed by atoms with Crippen LogP contribution in [0.1, 0.15) is 62.8 Å². The van der Waals surface area contributed by atoms with Crippen molar-refractivity contribution in [3.63, 3.8) is 0 Å². The highest BCUT2D eigenvalue weighted by atomic mass is 16.5. The van der Waals surface area contributed by atoms with Crippen molar-refractivity contribution in [2.45, 2.75) is 64.9 Å². The van der Waals surface area contributed by atoms with Gasteiger partial charge in [0.15, 0.2) is 0 Å². The van der Waals surface area contributed by atoms with E-state index in [1.165, 1.54) is 18.4 Å². The largest absolute Gasteiger partial charge is 0.473 e. The summed E-state index contributed by atoms with van der Waals surface area (Å²) in [4.78, 5) is 4.61. The third-order valence-corrected chi connectivity index (χ3v) is 4.70. The van der Waals surface area contributed by atoms with Gasteiger partial charge in [0.05, 0.1) is 0 Å². The van der Waals surface area contributed by atoms with Crippen LogP contribution in [0.5, 0.6) is 5.88 Å². The van der Waals surface area contributed by atoms with Crippen LogP contribution in [0.15, 0.2) is 6.07 Å². The van der Waals surface area contributed by atoms with Gasteiger partial charge in [0.2, 0.25) is 5.88 Å². The molecule has 1 aromatic rings. The lowest BCUT2D eigenvalue weighted by atomic mass is 9.76. The number of ether oxygens (including phenoxy) is 1. The molecule has 2 aliphatic rings. The molecule has 0 bridgehead atoms. The van der Waals surface area contributed by atoms with Gasteiger partial charge in [-0.25, -0.2) is 4.98 Å². The molecule has 0 saturated heterocycles. The van der Waals surface area contributed by atoms with Gasteiger partial charge in [-0.1, -0.05) is 13.8 Å². The maximum atomic E-state index is 9.29. The lowest BCUT2D eigenvalue weighted by Crippen LogP contribution is -2.28. The highest BCUT2D eigenvalue weighted by Gasteiger charge is 2.29. The molecule has 1 heterocycles. The van der Waals surface area contributed by atoms with Gasteiger partial charge in [-0.05, 0) is 62.0 Å². The average Bonchev–Trinajstić information content (AvgIpc) is 2.87. The van der Waals surface area contributed by atoms with Gasteiger partial charge in [0.25, 0.3) is 0 Å². The molecular weight excluding hydrogens is 248 g/mol. The van der Waals surface area contributed by atoms with Gasteiger partial charge in [-0.3, -0.25) is 0 Å². The van der Waals surface area contributed by atoms with Crippen molar-refractivity contribution < 1.29 is 4.74 Å². The molecule has 1 saturated carbocycles. The zero-order chi connectivity index (χ0) is 14.2. The molecule has 3 heteroatoms. The lowest BCUT2D eigenvalue weighted by Gasteiger charge is -2.34. The molecule has 20 heavy (non-hydrogen) atoms. The van der Waals surface area contributed by atoms with E-state index in [9.17, 15) is 5.26 Å². The van der Waals surface area contributed by atoms with Crippen LogP contribution in [0.2, 0.25) is 0 Å². The Morgan fingerprint density at radius 2 is 2.05 bits per heavy atom. The molecule has 1 aromatic heterocycles. The van der Waals surface area contributed by atoms with Crippen molar-refractivity contribution in [3.8, 4) is 11.9 Å². The molecule has 0 amide bonds. The van der Waals surface area contributed by atoms with E-state index in [0.717, 1.165) is 37.8 Å². The van der Waals surface area contributed by atoms with E-state index in [1.807, 2.05) is 6.07 Å². The second kappa shape index (κ2) is 5.09. The van der Waals surface area contributed by atoms with E-state index in [2.05, 4.69) is 24.9 Å². The van der Waals surface area contributed by atoms with Crippen LogP contribution in [0.25, 0.3) is 0 Å². The number of aryl methyl sites for hydroxylation is 2. The molecule has 3 nitrogen and oxygen atoms in total. The zero-order valence-corrected chi connectivity index (χ0v) is 12.4. The Balaban J connectivity index is 1.76. The lowest BCUT2D eigenvalue weighted by molar-refractivity contribution is 0.0944. The molecule has 1 fully saturated rings. The molecule has 0 aliphatic heterocycles. The second-order valence-electron chi connectivity index (χ2n) is 6.89. The highest BCUT2D eigenvalue weighted by molar-refractivity contribution is 5.44. The summed E-state index contributed by atoms with van der Waals surface area (Å²) in [6.07, 6.45) is 7.95. The Kier molecular flexibility index (Phi) is 3.41. The maximum Gasteiger partial charge on any atom is 0.232 e. The number of nitriles is 1. The van der Waals surface area contributed by atoms with Crippen molar-refractivity contribution in [1.29, 1.82) is 5.26 Å². The van der Waals surface area contributed by atoms with Crippen LogP contribution in [0.3, 0.4) is 0 Å². The standard InChI is InChI=1S/C17H22N2O/c1-17(2)8-6-14(7-9-17)20-16-13(11-18)10-12-4-3-5-15(12)19-16/h10,14H,3-9H2,1-2H3. The zero-order valence-electron chi connectivity index (χ0n) is 12.4. The number of fused-ring (bicyclic) bond motifs is 1. The monoisotopic (exact) mass is 270 g/mol. The summed E-state index contributed by atoms with van der Waals surface area (Å²) in [6, 6.07) is 4.23. The number of pyridine rings is 1. The van der Waals surface area contributed by atoms with Crippen LogP contribution in [0, 0.1) is 16.7 Å². The molecule has 0 radical (unpaired) electrons. The molecule has 106 valence electrons. The van der Waals surface area contributed by atoms with E-state index in [1.54, 1.807) is 0 Å².